The van der Waals surface area contributed by atoms with Crippen LogP contribution in [-0.4, -0.2) is 67.9 Å². The van der Waals surface area contributed by atoms with Gasteiger partial charge in [0.2, 0.25) is 5.91 Å². The number of nitrogens with zero attached hydrogens (tertiary/aromatic N) is 5. The number of ether oxygens (including phenoxy) is 1. The van der Waals surface area contributed by atoms with Gasteiger partial charge in [-0.05, 0) is 51.4 Å². The second-order valence-corrected chi connectivity index (χ2v) is 9.12. The minimum absolute atomic E-state index is 0.100. The second kappa shape index (κ2) is 10.3. The number of pyridine rings is 2. The van der Waals surface area contributed by atoms with E-state index in [2.05, 4.69) is 47.4 Å². The van der Waals surface area contributed by atoms with Gasteiger partial charge >= 0.3 is 6.01 Å². The molecule has 0 bridgehead atoms. The van der Waals surface area contributed by atoms with Crippen LogP contribution in [0.15, 0.2) is 43.0 Å². The molecule has 190 valence electrons. The lowest BCUT2D eigenvalue weighted by molar-refractivity contribution is -0.117. The van der Waals surface area contributed by atoms with Crippen molar-refractivity contribution >= 4 is 34.2 Å². The van der Waals surface area contributed by atoms with E-state index in [0.717, 1.165) is 36.0 Å². The van der Waals surface area contributed by atoms with E-state index < -0.39 is 0 Å². The van der Waals surface area contributed by atoms with Crippen molar-refractivity contribution in [2.45, 2.75) is 32.7 Å². The molecule has 1 aliphatic heterocycles. The molecular formula is C26H28N8O3. The van der Waals surface area contributed by atoms with E-state index in [1.54, 1.807) is 37.6 Å². The Labute approximate surface area is 213 Å². The molecule has 4 aromatic heterocycles. The second-order valence-electron chi connectivity index (χ2n) is 9.12. The Kier molecular flexibility index (Phi) is 6.78. The average molecular weight is 501 g/mol. The summed E-state index contributed by atoms with van der Waals surface area (Å²) in [5, 5.41) is 6.55. The molecule has 5 heterocycles. The molecular weight excluding hydrogens is 472 g/mol. The summed E-state index contributed by atoms with van der Waals surface area (Å²) in [6.45, 7) is 5.19. The number of methoxy groups -OCH3 is 1. The maximum atomic E-state index is 13.0. The van der Waals surface area contributed by atoms with Gasteiger partial charge in [0.15, 0.2) is 0 Å². The van der Waals surface area contributed by atoms with Crippen molar-refractivity contribution in [1.82, 2.24) is 29.8 Å². The summed E-state index contributed by atoms with van der Waals surface area (Å²) in [5.41, 5.74) is 4.25. The minimum atomic E-state index is -0.329. The van der Waals surface area contributed by atoms with E-state index in [0.29, 0.717) is 40.9 Å². The summed E-state index contributed by atoms with van der Waals surface area (Å²) in [7, 11) is 1.51. The zero-order valence-corrected chi connectivity index (χ0v) is 20.9. The molecule has 0 aromatic carbocycles. The SMILES string of the molecule is COc1ncc(-c2cc3cc(C(=O)Nc4cc(NC(=O)CN5CCC[C@@H]5C)cnc4C)cnc3[nH]2)cn1. The van der Waals surface area contributed by atoms with Gasteiger partial charge in [0, 0.05) is 35.6 Å². The molecule has 37 heavy (non-hydrogen) atoms. The molecule has 0 unspecified atom stereocenters. The molecule has 3 N–H and O–H groups in total. The predicted molar refractivity (Wildman–Crippen MR) is 139 cm³/mol. The van der Waals surface area contributed by atoms with Gasteiger partial charge in [-0.25, -0.2) is 15.0 Å². The Bertz CT molecular complexity index is 1450. The fourth-order valence-corrected chi connectivity index (χ4v) is 4.39. The lowest BCUT2D eigenvalue weighted by atomic mass is 10.2. The molecule has 5 rings (SSSR count). The summed E-state index contributed by atoms with van der Waals surface area (Å²) >= 11 is 0. The van der Waals surface area contributed by atoms with Crippen LogP contribution < -0.4 is 15.4 Å². The average Bonchev–Trinajstić information content (AvgIpc) is 3.51. The van der Waals surface area contributed by atoms with Crippen LogP contribution in [0.3, 0.4) is 0 Å². The topological polar surface area (TPSA) is 138 Å². The number of anilines is 2. The minimum Gasteiger partial charge on any atom is -0.467 e. The van der Waals surface area contributed by atoms with E-state index in [1.807, 2.05) is 6.07 Å². The fourth-order valence-electron chi connectivity index (χ4n) is 4.39. The van der Waals surface area contributed by atoms with Gasteiger partial charge in [0.1, 0.15) is 5.65 Å². The van der Waals surface area contributed by atoms with Gasteiger partial charge < -0.3 is 20.4 Å². The number of likely N-dealkylation sites (tertiary alicyclic amines) is 1. The number of fused-ring (bicyclic) bond motifs is 1. The monoisotopic (exact) mass is 500 g/mol. The van der Waals surface area contributed by atoms with Gasteiger partial charge in [0.05, 0.1) is 48.2 Å². The third-order valence-electron chi connectivity index (χ3n) is 6.51. The van der Waals surface area contributed by atoms with E-state index in [9.17, 15) is 9.59 Å². The maximum Gasteiger partial charge on any atom is 0.316 e. The first-order valence-electron chi connectivity index (χ1n) is 12.1. The number of aromatic amines is 1. The van der Waals surface area contributed by atoms with Gasteiger partial charge in [0.25, 0.3) is 5.91 Å². The molecule has 11 heteroatoms. The highest BCUT2D eigenvalue weighted by Gasteiger charge is 2.22. The summed E-state index contributed by atoms with van der Waals surface area (Å²) in [5.74, 6) is -0.430. The number of hydrogen-bond donors (Lipinski definition) is 3. The standard InChI is InChI=1S/C26H28N8O3/c1-15-5-4-6-34(15)14-23(35)31-20-9-21(16(2)27-13-20)33-25(36)18-7-17-8-22(32-24(17)28-10-18)19-11-29-26(37-3)30-12-19/h7-13,15H,4-6,14H2,1-3H3,(H,28,32)(H,31,35)(H,33,36)/t15-/m0/s1. The molecule has 11 nitrogen and oxygen atoms in total. The number of hydrogen-bond acceptors (Lipinski definition) is 8. The third kappa shape index (κ3) is 5.41. The van der Waals surface area contributed by atoms with E-state index >= 15 is 0 Å². The van der Waals surface area contributed by atoms with Crippen LogP contribution in [0, 0.1) is 6.92 Å². The number of rotatable bonds is 7. The van der Waals surface area contributed by atoms with E-state index in [4.69, 9.17) is 4.74 Å². The Morgan fingerprint density at radius 1 is 1.08 bits per heavy atom. The zero-order chi connectivity index (χ0) is 25.9. The van der Waals surface area contributed by atoms with E-state index in [1.165, 1.54) is 13.3 Å². The van der Waals surface area contributed by atoms with Crippen molar-refractivity contribution in [2.24, 2.45) is 0 Å². The Hall–Kier alpha value is -4.38. The summed E-state index contributed by atoms with van der Waals surface area (Å²) in [6.07, 6.45) is 8.62. The number of carbonyl (C=O) groups is 2. The molecule has 1 atom stereocenters. The zero-order valence-electron chi connectivity index (χ0n) is 20.9. The van der Waals surface area contributed by atoms with Crippen molar-refractivity contribution in [1.29, 1.82) is 0 Å². The van der Waals surface area contributed by atoms with Crippen molar-refractivity contribution in [3.8, 4) is 17.3 Å². The molecule has 1 fully saturated rings. The normalized spacial score (nSPS) is 15.6. The van der Waals surface area contributed by atoms with Crippen LogP contribution in [0.25, 0.3) is 22.3 Å². The third-order valence-corrected chi connectivity index (χ3v) is 6.51. The first-order chi connectivity index (χ1) is 17.9. The smallest absolute Gasteiger partial charge is 0.316 e. The Morgan fingerprint density at radius 2 is 1.89 bits per heavy atom. The molecule has 1 saturated heterocycles. The summed E-state index contributed by atoms with van der Waals surface area (Å²) < 4.78 is 5.00. The van der Waals surface area contributed by atoms with Crippen LogP contribution in [0.2, 0.25) is 0 Å². The van der Waals surface area contributed by atoms with Crippen molar-refractivity contribution in [2.75, 3.05) is 30.8 Å². The highest BCUT2D eigenvalue weighted by Crippen LogP contribution is 2.24. The Morgan fingerprint density at radius 3 is 2.62 bits per heavy atom. The quantitative estimate of drug-likeness (QED) is 0.351. The van der Waals surface area contributed by atoms with Crippen molar-refractivity contribution in [3.05, 3.63) is 54.2 Å². The first kappa shape index (κ1) is 24.3. The van der Waals surface area contributed by atoms with Crippen LogP contribution >= 0.6 is 0 Å². The molecule has 1 aliphatic rings. The van der Waals surface area contributed by atoms with Crippen LogP contribution in [0.1, 0.15) is 35.8 Å². The number of carbonyl (C=O) groups excluding carboxylic acids is 2. The number of aryl methyl sites for hydroxylation is 1. The lowest BCUT2D eigenvalue weighted by Gasteiger charge is -2.20. The number of aromatic nitrogens is 5. The molecule has 2 amide bonds. The van der Waals surface area contributed by atoms with Crippen LogP contribution in [0.5, 0.6) is 6.01 Å². The predicted octanol–water partition coefficient (Wildman–Crippen LogP) is 3.41. The Balaban J connectivity index is 1.29. The van der Waals surface area contributed by atoms with Crippen LogP contribution in [-0.2, 0) is 4.79 Å². The maximum absolute atomic E-state index is 13.0. The molecule has 0 saturated carbocycles. The van der Waals surface area contributed by atoms with Crippen LogP contribution in [0.4, 0.5) is 11.4 Å². The molecule has 0 radical (unpaired) electrons. The molecule has 0 spiro atoms. The van der Waals surface area contributed by atoms with Gasteiger partial charge in [-0.15, -0.1) is 0 Å². The molecule has 0 aliphatic carbocycles. The summed E-state index contributed by atoms with van der Waals surface area (Å²) in [4.78, 5) is 47.9. The highest BCUT2D eigenvalue weighted by atomic mass is 16.5. The first-order valence-corrected chi connectivity index (χ1v) is 12.1. The lowest BCUT2D eigenvalue weighted by Crippen LogP contribution is -2.35. The summed E-state index contributed by atoms with van der Waals surface area (Å²) in [6, 6.07) is 6.05. The van der Waals surface area contributed by atoms with Crippen molar-refractivity contribution in [3.63, 3.8) is 0 Å². The van der Waals surface area contributed by atoms with Crippen molar-refractivity contribution < 1.29 is 14.3 Å². The largest absolute Gasteiger partial charge is 0.467 e. The number of H-pyrrole nitrogens is 1. The number of amides is 2. The number of nitrogens with one attached hydrogen (secondary N) is 3. The molecule has 4 aromatic rings. The highest BCUT2D eigenvalue weighted by molar-refractivity contribution is 6.06. The van der Waals surface area contributed by atoms with Gasteiger partial charge in [-0.2, -0.15) is 0 Å². The van der Waals surface area contributed by atoms with Gasteiger partial charge in [-0.1, -0.05) is 0 Å². The van der Waals surface area contributed by atoms with Gasteiger partial charge in [-0.3, -0.25) is 19.5 Å². The van der Waals surface area contributed by atoms with E-state index in [-0.39, 0.29) is 17.8 Å². The fraction of sp³-hybridized carbons (Fsp3) is 0.308.